The molecule has 1 unspecified atom stereocenters. The molecule has 126 valence electrons. The molecule has 0 bridgehead atoms. The molecule has 1 aromatic carbocycles. The van der Waals surface area contributed by atoms with Crippen LogP contribution in [-0.2, 0) is 22.5 Å². The van der Waals surface area contributed by atoms with E-state index in [4.69, 9.17) is 4.74 Å². The van der Waals surface area contributed by atoms with Gasteiger partial charge in [-0.25, -0.2) is 0 Å². The summed E-state index contributed by atoms with van der Waals surface area (Å²) >= 11 is 0. The second kappa shape index (κ2) is 7.04. The molecular weight excluding hydrogens is 302 g/mol. The molecule has 24 heavy (non-hydrogen) atoms. The number of methoxy groups -OCH3 is 1. The normalized spacial score (nSPS) is 16.5. The van der Waals surface area contributed by atoms with Crippen molar-refractivity contribution in [3.8, 4) is 0 Å². The molecular formula is C20H23NO3. The van der Waals surface area contributed by atoms with Crippen LogP contribution in [0.15, 0.2) is 36.4 Å². The van der Waals surface area contributed by atoms with Crippen molar-refractivity contribution in [3.05, 3.63) is 58.9 Å². The first-order valence-corrected chi connectivity index (χ1v) is 8.57. The Morgan fingerprint density at radius 1 is 1.21 bits per heavy atom. The highest BCUT2D eigenvalue weighted by Crippen LogP contribution is 2.31. The van der Waals surface area contributed by atoms with Crippen molar-refractivity contribution < 1.29 is 14.3 Å². The molecule has 0 N–H and O–H groups in total. The zero-order valence-corrected chi connectivity index (χ0v) is 14.2. The maximum absolute atomic E-state index is 13.1. The lowest BCUT2D eigenvalue weighted by Gasteiger charge is -2.24. The van der Waals surface area contributed by atoms with Crippen LogP contribution in [0.25, 0.3) is 0 Å². The van der Waals surface area contributed by atoms with Crippen LogP contribution in [-0.4, -0.2) is 23.4 Å². The summed E-state index contributed by atoms with van der Waals surface area (Å²) in [5, 5.41) is 0. The van der Waals surface area contributed by atoms with E-state index < -0.39 is 0 Å². The summed E-state index contributed by atoms with van der Waals surface area (Å²) in [6, 6.07) is 11.5. The predicted octanol–water partition coefficient (Wildman–Crippen LogP) is 3.72. The molecule has 0 saturated heterocycles. The van der Waals surface area contributed by atoms with Gasteiger partial charge in [-0.3, -0.25) is 9.59 Å². The Morgan fingerprint density at radius 3 is 2.75 bits per heavy atom. The lowest BCUT2D eigenvalue weighted by Crippen LogP contribution is -2.25. The van der Waals surface area contributed by atoms with E-state index in [0.717, 1.165) is 49.0 Å². The average molecular weight is 325 g/mol. The van der Waals surface area contributed by atoms with Gasteiger partial charge in [-0.15, -0.1) is 0 Å². The van der Waals surface area contributed by atoms with Gasteiger partial charge >= 0.3 is 5.97 Å². The van der Waals surface area contributed by atoms with Crippen molar-refractivity contribution in [1.29, 1.82) is 0 Å². The van der Waals surface area contributed by atoms with Gasteiger partial charge in [0.15, 0.2) is 0 Å². The Balaban J connectivity index is 1.99. The Labute approximate surface area is 142 Å². The number of aromatic nitrogens is 1. The number of esters is 1. The largest absolute Gasteiger partial charge is 0.469 e. The molecule has 1 atom stereocenters. The number of nitrogens with zero attached hydrogens (tertiary/aromatic N) is 1. The third-order valence-corrected chi connectivity index (χ3v) is 4.75. The Hall–Kier alpha value is -2.36. The number of carbonyl (C=O) groups is 2. The Kier molecular flexibility index (Phi) is 4.84. The first-order valence-electron chi connectivity index (χ1n) is 8.57. The van der Waals surface area contributed by atoms with Gasteiger partial charge in [0, 0.05) is 17.8 Å². The van der Waals surface area contributed by atoms with Gasteiger partial charge in [-0.05, 0) is 37.0 Å². The standard InChI is InChI=1S/C20H23NO3/c1-3-7-14-8-4-5-9-15(14)19(22)18-12-11-17-16(20(23)24-2)10-6-13-21(17)18/h4-5,8-9,11-12,16H,3,6-7,10,13H2,1-2H3. The Morgan fingerprint density at radius 2 is 2.00 bits per heavy atom. The van der Waals surface area contributed by atoms with Gasteiger partial charge in [0.2, 0.25) is 5.78 Å². The minimum Gasteiger partial charge on any atom is -0.469 e. The summed E-state index contributed by atoms with van der Waals surface area (Å²) in [7, 11) is 1.41. The van der Waals surface area contributed by atoms with Crippen LogP contribution < -0.4 is 0 Å². The summed E-state index contributed by atoms with van der Waals surface area (Å²) in [5.41, 5.74) is 3.41. The van der Waals surface area contributed by atoms with Gasteiger partial charge in [-0.1, -0.05) is 37.6 Å². The second-order valence-corrected chi connectivity index (χ2v) is 6.25. The van der Waals surface area contributed by atoms with Crippen molar-refractivity contribution in [1.82, 2.24) is 4.57 Å². The van der Waals surface area contributed by atoms with E-state index >= 15 is 0 Å². The molecule has 0 saturated carbocycles. The van der Waals surface area contributed by atoms with E-state index in [1.807, 2.05) is 41.0 Å². The topological polar surface area (TPSA) is 48.3 Å². The second-order valence-electron chi connectivity index (χ2n) is 6.25. The van der Waals surface area contributed by atoms with E-state index in [0.29, 0.717) is 5.69 Å². The summed E-state index contributed by atoms with van der Waals surface area (Å²) in [6.07, 6.45) is 3.54. The maximum atomic E-state index is 13.1. The highest BCUT2D eigenvalue weighted by atomic mass is 16.5. The van der Waals surface area contributed by atoms with Crippen molar-refractivity contribution in [3.63, 3.8) is 0 Å². The van der Waals surface area contributed by atoms with Crippen LogP contribution in [0.2, 0.25) is 0 Å². The number of ketones is 1. The number of hydrogen-bond donors (Lipinski definition) is 0. The molecule has 4 nitrogen and oxygen atoms in total. The first-order chi connectivity index (χ1) is 11.7. The van der Waals surface area contributed by atoms with E-state index in [1.54, 1.807) is 0 Å². The molecule has 0 fully saturated rings. The van der Waals surface area contributed by atoms with Crippen molar-refractivity contribution in [2.24, 2.45) is 0 Å². The smallest absolute Gasteiger partial charge is 0.314 e. The SMILES string of the molecule is CCCc1ccccc1C(=O)c1ccc2n1CCCC2C(=O)OC. The molecule has 0 radical (unpaired) electrons. The number of aryl methyl sites for hydroxylation is 1. The van der Waals surface area contributed by atoms with Gasteiger partial charge in [0.25, 0.3) is 0 Å². The lowest BCUT2D eigenvalue weighted by molar-refractivity contribution is -0.143. The summed E-state index contributed by atoms with van der Waals surface area (Å²) in [6.45, 7) is 2.88. The zero-order valence-electron chi connectivity index (χ0n) is 14.2. The molecule has 4 heteroatoms. The number of ether oxygens (including phenoxy) is 1. The molecule has 0 aliphatic carbocycles. The van der Waals surface area contributed by atoms with Crippen LogP contribution in [0.5, 0.6) is 0 Å². The van der Waals surface area contributed by atoms with Crippen LogP contribution in [0.1, 0.15) is 59.4 Å². The number of fused-ring (bicyclic) bond motifs is 1. The van der Waals surface area contributed by atoms with E-state index in [2.05, 4.69) is 6.92 Å². The third-order valence-electron chi connectivity index (χ3n) is 4.75. The highest BCUT2D eigenvalue weighted by Gasteiger charge is 2.30. The summed E-state index contributed by atoms with van der Waals surface area (Å²) in [5.74, 6) is -0.452. The molecule has 2 heterocycles. The average Bonchev–Trinajstić information content (AvgIpc) is 3.05. The molecule has 0 amide bonds. The fraction of sp³-hybridized carbons (Fsp3) is 0.400. The fourth-order valence-corrected chi connectivity index (χ4v) is 3.58. The van der Waals surface area contributed by atoms with Gasteiger partial charge in [0.05, 0.1) is 18.7 Å². The van der Waals surface area contributed by atoms with E-state index in [-0.39, 0.29) is 17.7 Å². The monoisotopic (exact) mass is 325 g/mol. The minimum atomic E-state index is -0.267. The number of carbonyl (C=O) groups excluding carboxylic acids is 2. The number of benzene rings is 1. The van der Waals surface area contributed by atoms with Crippen molar-refractivity contribution in [2.45, 2.75) is 45.1 Å². The summed E-state index contributed by atoms with van der Waals surface area (Å²) < 4.78 is 6.91. The van der Waals surface area contributed by atoms with Crippen molar-refractivity contribution in [2.75, 3.05) is 7.11 Å². The molecule has 2 aromatic rings. The van der Waals surface area contributed by atoms with Gasteiger partial charge < -0.3 is 9.30 Å². The maximum Gasteiger partial charge on any atom is 0.314 e. The molecule has 3 rings (SSSR count). The first kappa shape index (κ1) is 16.5. The van der Waals surface area contributed by atoms with E-state index in [1.165, 1.54) is 7.11 Å². The van der Waals surface area contributed by atoms with Crippen LogP contribution in [0.3, 0.4) is 0 Å². The Bertz CT molecular complexity index is 760. The molecule has 1 aliphatic rings. The highest BCUT2D eigenvalue weighted by molar-refractivity contribution is 6.09. The van der Waals surface area contributed by atoms with Crippen LogP contribution in [0.4, 0.5) is 0 Å². The number of hydrogen-bond acceptors (Lipinski definition) is 3. The quantitative estimate of drug-likeness (QED) is 0.622. The van der Waals surface area contributed by atoms with Crippen LogP contribution in [0, 0.1) is 0 Å². The van der Waals surface area contributed by atoms with Gasteiger partial charge in [-0.2, -0.15) is 0 Å². The third kappa shape index (κ3) is 2.88. The zero-order chi connectivity index (χ0) is 17.1. The lowest BCUT2D eigenvalue weighted by atomic mass is 9.96. The van der Waals surface area contributed by atoms with Crippen LogP contribution >= 0.6 is 0 Å². The molecule has 0 spiro atoms. The van der Waals surface area contributed by atoms with Gasteiger partial charge in [0.1, 0.15) is 0 Å². The van der Waals surface area contributed by atoms with Crippen molar-refractivity contribution >= 4 is 11.8 Å². The van der Waals surface area contributed by atoms with E-state index in [9.17, 15) is 9.59 Å². The molecule has 1 aromatic heterocycles. The fourth-order valence-electron chi connectivity index (χ4n) is 3.58. The summed E-state index contributed by atoms with van der Waals surface area (Å²) in [4.78, 5) is 25.1. The predicted molar refractivity (Wildman–Crippen MR) is 92.3 cm³/mol. The number of rotatable bonds is 5. The minimum absolute atomic E-state index is 0.0378. The molecule has 1 aliphatic heterocycles.